The number of ketones is 2. The highest BCUT2D eigenvalue weighted by molar-refractivity contribution is 6.03. The SMILES string of the molecule is O=C(CC/C=C/c1ccccc1)C1CCCC1=O. The summed E-state index contributed by atoms with van der Waals surface area (Å²) in [6, 6.07) is 10.0. The predicted octanol–water partition coefficient (Wildman–Crippen LogP) is 3.42. The van der Waals surface area contributed by atoms with E-state index in [9.17, 15) is 9.59 Å². The fourth-order valence-corrected chi connectivity index (χ4v) is 2.34. The molecule has 1 aromatic rings. The van der Waals surface area contributed by atoms with Crippen molar-refractivity contribution in [1.29, 1.82) is 0 Å². The van der Waals surface area contributed by atoms with E-state index in [0.29, 0.717) is 12.8 Å². The first-order valence-electron chi connectivity index (χ1n) is 6.54. The van der Waals surface area contributed by atoms with Gasteiger partial charge in [-0.2, -0.15) is 0 Å². The van der Waals surface area contributed by atoms with Crippen LogP contribution in [0.1, 0.15) is 37.7 Å². The van der Waals surface area contributed by atoms with Crippen molar-refractivity contribution in [3.8, 4) is 0 Å². The minimum Gasteiger partial charge on any atom is -0.299 e. The van der Waals surface area contributed by atoms with Gasteiger partial charge in [0, 0.05) is 12.8 Å². The van der Waals surface area contributed by atoms with Gasteiger partial charge in [-0.1, -0.05) is 42.5 Å². The Labute approximate surface area is 108 Å². The van der Waals surface area contributed by atoms with Crippen LogP contribution in [0.15, 0.2) is 36.4 Å². The van der Waals surface area contributed by atoms with E-state index in [-0.39, 0.29) is 17.5 Å². The maximum Gasteiger partial charge on any atom is 0.143 e. The molecule has 0 amide bonds. The Morgan fingerprint density at radius 3 is 2.72 bits per heavy atom. The van der Waals surface area contributed by atoms with E-state index < -0.39 is 0 Å². The number of carbonyl (C=O) groups is 2. The number of Topliss-reactive ketones (excluding diaryl/α,β-unsaturated/α-hetero) is 2. The van der Waals surface area contributed by atoms with Crippen molar-refractivity contribution in [1.82, 2.24) is 0 Å². The molecule has 1 aliphatic rings. The fourth-order valence-electron chi connectivity index (χ4n) is 2.34. The molecule has 0 bridgehead atoms. The molecule has 0 radical (unpaired) electrons. The van der Waals surface area contributed by atoms with E-state index >= 15 is 0 Å². The Balaban J connectivity index is 1.77. The Hall–Kier alpha value is -1.70. The molecule has 2 heteroatoms. The number of allylic oxidation sites excluding steroid dienone is 1. The summed E-state index contributed by atoms with van der Waals surface area (Å²) in [7, 11) is 0. The first-order valence-corrected chi connectivity index (χ1v) is 6.54. The second-order valence-electron chi connectivity index (χ2n) is 4.73. The zero-order valence-corrected chi connectivity index (χ0v) is 10.5. The molecular formula is C16H18O2. The van der Waals surface area contributed by atoms with Crippen molar-refractivity contribution in [2.45, 2.75) is 32.1 Å². The highest BCUT2D eigenvalue weighted by Gasteiger charge is 2.29. The van der Waals surface area contributed by atoms with Crippen LogP contribution >= 0.6 is 0 Å². The van der Waals surface area contributed by atoms with Gasteiger partial charge in [-0.25, -0.2) is 0 Å². The lowest BCUT2D eigenvalue weighted by Crippen LogP contribution is -2.17. The zero-order valence-electron chi connectivity index (χ0n) is 10.5. The van der Waals surface area contributed by atoms with Crippen molar-refractivity contribution in [3.05, 3.63) is 42.0 Å². The van der Waals surface area contributed by atoms with Gasteiger partial charge in [0.25, 0.3) is 0 Å². The number of benzene rings is 1. The van der Waals surface area contributed by atoms with Crippen LogP contribution in [0.2, 0.25) is 0 Å². The average molecular weight is 242 g/mol. The molecule has 1 saturated carbocycles. The first kappa shape index (κ1) is 12.7. The summed E-state index contributed by atoms with van der Waals surface area (Å²) in [6.07, 6.45) is 7.47. The molecule has 0 saturated heterocycles. The Morgan fingerprint density at radius 1 is 1.28 bits per heavy atom. The molecule has 1 fully saturated rings. The van der Waals surface area contributed by atoms with Gasteiger partial charge >= 0.3 is 0 Å². The Kier molecular flexibility index (Phi) is 4.46. The molecular weight excluding hydrogens is 224 g/mol. The number of hydrogen-bond donors (Lipinski definition) is 0. The minimum atomic E-state index is -0.296. The zero-order chi connectivity index (χ0) is 12.8. The van der Waals surface area contributed by atoms with E-state index in [1.807, 2.05) is 42.5 Å². The molecule has 0 heterocycles. The number of rotatable bonds is 5. The summed E-state index contributed by atoms with van der Waals surface area (Å²) >= 11 is 0. The van der Waals surface area contributed by atoms with Crippen LogP contribution in [0.3, 0.4) is 0 Å². The van der Waals surface area contributed by atoms with Crippen LogP contribution < -0.4 is 0 Å². The highest BCUT2D eigenvalue weighted by Crippen LogP contribution is 2.23. The molecule has 18 heavy (non-hydrogen) atoms. The quantitative estimate of drug-likeness (QED) is 0.741. The number of carbonyl (C=O) groups excluding carboxylic acids is 2. The summed E-state index contributed by atoms with van der Waals surface area (Å²) in [6.45, 7) is 0. The van der Waals surface area contributed by atoms with Gasteiger partial charge in [0.2, 0.25) is 0 Å². The van der Waals surface area contributed by atoms with Gasteiger partial charge in [0.15, 0.2) is 0 Å². The van der Waals surface area contributed by atoms with E-state index in [0.717, 1.165) is 24.8 Å². The molecule has 1 aromatic carbocycles. The predicted molar refractivity (Wildman–Crippen MR) is 72.1 cm³/mol. The molecule has 1 atom stereocenters. The Morgan fingerprint density at radius 2 is 2.06 bits per heavy atom. The lowest BCUT2D eigenvalue weighted by molar-refractivity contribution is -0.130. The van der Waals surface area contributed by atoms with Gasteiger partial charge in [-0.05, 0) is 24.8 Å². The number of hydrogen-bond acceptors (Lipinski definition) is 2. The molecule has 0 spiro atoms. The fraction of sp³-hybridized carbons (Fsp3) is 0.375. The van der Waals surface area contributed by atoms with Crippen LogP contribution in [0.25, 0.3) is 6.08 Å². The van der Waals surface area contributed by atoms with Gasteiger partial charge in [0.05, 0.1) is 5.92 Å². The van der Waals surface area contributed by atoms with Crippen LogP contribution in [0.4, 0.5) is 0 Å². The normalized spacial score (nSPS) is 19.6. The standard InChI is InChI=1S/C16H18O2/c17-15(14-10-6-12-16(14)18)11-5-4-9-13-7-2-1-3-8-13/h1-4,7-9,14H,5-6,10-12H2/b9-4+. The minimum absolute atomic E-state index is 0.121. The topological polar surface area (TPSA) is 34.1 Å². The largest absolute Gasteiger partial charge is 0.299 e. The van der Waals surface area contributed by atoms with E-state index in [4.69, 9.17) is 0 Å². The van der Waals surface area contributed by atoms with Crippen LogP contribution in [0, 0.1) is 5.92 Å². The molecule has 0 N–H and O–H groups in total. The second kappa shape index (κ2) is 6.29. The monoisotopic (exact) mass is 242 g/mol. The van der Waals surface area contributed by atoms with Crippen molar-refractivity contribution >= 4 is 17.6 Å². The molecule has 2 nitrogen and oxygen atoms in total. The van der Waals surface area contributed by atoms with E-state index in [2.05, 4.69) is 0 Å². The lowest BCUT2D eigenvalue weighted by atomic mass is 9.98. The van der Waals surface area contributed by atoms with E-state index in [1.165, 1.54) is 0 Å². The summed E-state index contributed by atoms with van der Waals surface area (Å²) in [5.41, 5.74) is 1.14. The van der Waals surface area contributed by atoms with Gasteiger partial charge in [-0.15, -0.1) is 0 Å². The maximum atomic E-state index is 11.8. The molecule has 0 aromatic heterocycles. The molecule has 1 aliphatic carbocycles. The van der Waals surface area contributed by atoms with Crippen LogP contribution in [-0.2, 0) is 9.59 Å². The third-order valence-electron chi connectivity index (χ3n) is 3.36. The van der Waals surface area contributed by atoms with Gasteiger partial charge in [0.1, 0.15) is 11.6 Å². The summed E-state index contributed by atoms with van der Waals surface area (Å²) in [5, 5.41) is 0. The summed E-state index contributed by atoms with van der Waals surface area (Å²) in [5.74, 6) is -0.0302. The van der Waals surface area contributed by atoms with Gasteiger partial charge in [-0.3, -0.25) is 9.59 Å². The maximum absolute atomic E-state index is 11.8. The second-order valence-corrected chi connectivity index (χ2v) is 4.73. The molecule has 94 valence electrons. The molecule has 2 rings (SSSR count). The molecule has 1 unspecified atom stereocenters. The molecule has 0 aliphatic heterocycles. The third kappa shape index (κ3) is 3.39. The van der Waals surface area contributed by atoms with Crippen molar-refractivity contribution in [2.24, 2.45) is 5.92 Å². The van der Waals surface area contributed by atoms with E-state index in [1.54, 1.807) is 0 Å². The van der Waals surface area contributed by atoms with Crippen LogP contribution in [-0.4, -0.2) is 11.6 Å². The first-order chi connectivity index (χ1) is 8.77. The lowest BCUT2D eigenvalue weighted by Gasteiger charge is -2.04. The van der Waals surface area contributed by atoms with Gasteiger partial charge < -0.3 is 0 Å². The van der Waals surface area contributed by atoms with Crippen molar-refractivity contribution in [2.75, 3.05) is 0 Å². The van der Waals surface area contributed by atoms with Crippen molar-refractivity contribution in [3.63, 3.8) is 0 Å². The smallest absolute Gasteiger partial charge is 0.143 e. The van der Waals surface area contributed by atoms with Crippen molar-refractivity contribution < 1.29 is 9.59 Å². The average Bonchev–Trinajstić information content (AvgIpc) is 2.82. The van der Waals surface area contributed by atoms with Crippen LogP contribution in [0.5, 0.6) is 0 Å². The third-order valence-corrected chi connectivity index (χ3v) is 3.36. The highest BCUT2D eigenvalue weighted by atomic mass is 16.2. The summed E-state index contributed by atoms with van der Waals surface area (Å²) < 4.78 is 0. The summed E-state index contributed by atoms with van der Waals surface area (Å²) in [4.78, 5) is 23.2. The Bertz CT molecular complexity index is 445.